The molecule has 0 aliphatic carbocycles. The molecule has 1 aromatic carbocycles. The Morgan fingerprint density at radius 2 is 2.10 bits per heavy atom. The van der Waals surface area contributed by atoms with E-state index in [1.54, 1.807) is 19.1 Å². The van der Waals surface area contributed by atoms with Crippen molar-refractivity contribution in [2.24, 2.45) is 0 Å². The maximum atomic E-state index is 12.5. The summed E-state index contributed by atoms with van der Waals surface area (Å²) in [6.07, 6.45) is 0. The van der Waals surface area contributed by atoms with Crippen LogP contribution in [0.3, 0.4) is 0 Å². The van der Waals surface area contributed by atoms with Crippen LogP contribution in [0.2, 0.25) is 0 Å². The van der Waals surface area contributed by atoms with Gasteiger partial charge in [-0.25, -0.2) is 13.1 Å². The molecule has 4 nitrogen and oxygen atoms in total. The lowest BCUT2D eigenvalue weighted by atomic mass is 10.2. The number of hydrogen-bond acceptors (Lipinski definition) is 4. The third-order valence-corrected chi connectivity index (χ3v) is 6.14. The molecule has 1 atom stereocenters. The SMILES string of the molecule is Cc1c(N)cc(Br)cc1S(=O)(=O)NC(C)c1cccs1. The molecule has 3 N–H and O–H groups in total. The van der Waals surface area contributed by atoms with E-state index in [-0.39, 0.29) is 10.9 Å². The Labute approximate surface area is 131 Å². The molecule has 1 aromatic heterocycles. The predicted octanol–water partition coefficient (Wildman–Crippen LogP) is 3.44. The third kappa shape index (κ3) is 3.22. The number of nitrogens with one attached hydrogen (secondary N) is 1. The Bertz CT molecular complexity index is 712. The lowest BCUT2D eigenvalue weighted by Crippen LogP contribution is -2.27. The highest BCUT2D eigenvalue weighted by Crippen LogP contribution is 2.28. The molecule has 0 radical (unpaired) electrons. The van der Waals surface area contributed by atoms with E-state index < -0.39 is 10.0 Å². The van der Waals surface area contributed by atoms with Gasteiger partial charge >= 0.3 is 0 Å². The van der Waals surface area contributed by atoms with Gasteiger partial charge in [0.25, 0.3) is 0 Å². The van der Waals surface area contributed by atoms with Crippen LogP contribution < -0.4 is 10.5 Å². The molecule has 20 heavy (non-hydrogen) atoms. The summed E-state index contributed by atoms with van der Waals surface area (Å²) in [6, 6.07) is 6.78. The van der Waals surface area contributed by atoms with Crippen LogP contribution in [0.25, 0.3) is 0 Å². The second-order valence-corrected chi connectivity index (χ2v) is 8.05. The monoisotopic (exact) mass is 374 g/mol. The number of rotatable bonds is 4. The Balaban J connectivity index is 2.36. The topological polar surface area (TPSA) is 72.2 Å². The lowest BCUT2D eigenvalue weighted by molar-refractivity contribution is 0.568. The van der Waals surface area contributed by atoms with Gasteiger partial charge in [0.15, 0.2) is 0 Å². The van der Waals surface area contributed by atoms with Crippen LogP contribution >= 0.6 is 27.3 Å². The van der Waals surface area contributed by atoms with Crippen molar-refractivity contribution in [3.8, 4) is 0 Å². The Hall–Kier alpha value is -0.890. The molecule has 0 fully saturated rings. The number of nitrogen functional groups attached to an aromatic ring is 1. The van der Waals surface area contributed by atoms with Gasteiger partial charge in [0.05, 0.1) is 10.9 Å². The zero-order valence-corrected chi connectivity index (χ0v) is 14.3. The minimum absolute atomic E-state index is 0.202. The van der Waals surface area contributed by atoms with E-state index in [1.165, 1.54) is 11.3 Å². The number of anilines is 1. The molecule has 0 saturated heterocycles. The number of sulfonamides is 1. The van der Waals surface area contributed by atoms with E-state index in [1.807, 2.05) is 24.4 Å². The number of nitrogens with two attached hydrogens (primary N) is 1. The quantitative estimate of drug-likeness (QED) is 0.805. The van der Waals surface area contributed by atoms with E-state index >= 15 is 0 Å². The molecule has 2 aromatic rings. The predicted molar refractivity (Wildman–Crippen MR) is 86.3 cm³/mol. The van der Waals surface area contributed by atoms with Gasteiger partial charge in [-0.05, 0) is 43.0 Å². The van der Waals surface area contributed by atoms with Crippen molar-refractivity contribution in [1.29, 1.82) is 0 Å². The minimum atomic E-state index is -3.61. The number of halogens is 1. The van der Waals surface area contributed by atoms with E-state index in [9.17, 15) is 8.42 Å². The fourth-order valence-corrected chi connectivity index (χ4v) is 4.80. The molecule has 0 saturated carbocycles. The Morgan fingerprint density at radius 3 is 2.70 bits per heavy atom. The molecule has 0 spiro atoms. The summed E-state index contributed by atoms with van der Waals surface area (Å²) >= 11 is 4.79. The van der Waals surface area contributed by atoms with Gasteiger partial charge in [0.2, 0.25) is 10.0 Å². The smallest absolute Gasteiger partial charge is 0.241 e. The lowest BCUT2D eigenvalue weighted by Gasteiger charge is -2.15. The summed E-state index contributed by atoms with van der Waals surface area (Å²) in [5.41, 5.74) is 6.83. The van der Waals surface area contributed by atoms with Gasteiger partial charge < -0.3 is 5.73 Å². The fourth-order valence-electron chi connectivity index (χ4n) is 1.85. The van der Waals surface area contributed by atoms with Crippen LogP contribution in [0.15, 0.2) is 39.0 Å². The summed E-state index contributed by atoms with van der Waals surface area (Å²) in [5.74, 6) is 0. The maximum absolute atomic E-state index is 12.5. The largest absolute Gasteiger partial charge is 0.398 e. The van der Waals surface area contributed by atoms with Crippen LogP contribution in [0.5, 0.6) is 0 Å². The molecule has 108 valence electrons. The molecular weight excluding hydrogens is 360 g/mol. The molecule has 2 rings (SSSR count). The zero-order chi connectivity index (χ0) is 14.9. The highest BCUT2D eigenvalue weighted by Gasteiger charge is 2.22. The summed E-state index contributed by atoms with van der Waals surface area (Å²) in [5, 5.41) is 1.92. The fraction of sp³-hybridized carbons (Fsp3) is 0.231. The number of thiophene rings is 1. The minimum Gasteiger partial charge on any atom is -0.398 e. The van der Waals surface area contributed by atoms with Gasteiger partial charge in [-0.2, -0.15) is 0 Å². The summed E-state index contributed by atoms with van der Waals surface area (Å²) in [4.78, 5) is 1.17. The van der Waals surface area contributed by atoms with E-state index in [4.69, 9.17) is 5.73 Å². The zero-order valence-electron chi connectivity index (χ0n) is 11.1. The van der Waals surface area contributed by atoms with Gasteiger partial charge in [0, 0.05) is 15.0 Å². The van der Waals surface area contributed by atoms with Crippen molar-refractivity contribution < 1.29 is 8.42 Å². The van der Waals surface area contributed by atoms with Gasteiger partial charge in [0.1, 0.15) is 0 Å². The van der Waals surface area contributed by atoms with E-state index in [2.05, 4.69) is 20.7 Å². The van der Waals surface area contributed by atoms with Gasteiger partial charge in [-0.1, -0.05) is 22.0 Å². The molecule has 7 heteroatoms. The van der Waals surface area contributed by atoms with Gasteiger partial charge in [-0.15, -0.1) is 11.3 Å². The van der Waals surface area contributed by atoms with Crippen molar-refractivity contribution in [1.82, 2.24) is 4.72 Å². The summed E-state index contributed by atoms with van der Waals surface area (Å²) < 4.78 is 28.3. The van der Waals surface area contributed by atoms with Crippen molar-refractivity contribution in [3.05, 3.63) is 44.6 Å². The number of benzene rings is 1. The van der Waals surface area contributed by atoms with Crippen LogP contribution in [0.4, 0.5) is 5.69 Å². The summed E-state index contributed by atoms with van der Waals surface area (Å²) in [6.45, 7) is 3.52. The first-order valence-corrected chi connectivity index (χ1v) is 9.08. The van der Waals surface area contributed by atoms with Crippen LogP contribution in [0, 0.1) is 6.92 Å². The highest BCUT2D eigenvalue weighted by molar-refractivity contribution is 9.10. The molecule has 0 aliphatic rings. The first-order valence-electron chi connectivity index (χ1n) is 5.92. The maximum Gasteiger partial charge on any atom is 0.241 e. The molecule has 1 unspecified atom stereocenters. The Kier molecular flexibility index (Phi) is 4.53. The van der Waals surface area contributed by atoms with Crippen LogP contribution in [-0.2, 0) is 10.0 Å². The summed E-state index contributed by atoms with van der Waals surface area (Å²) in [7, 11) is -3.61. The molecule has 0 amide bonds. The van der Waals surface area contributed by atoms with Crippen molar-refractivity contribution in [3.63, 3.8) is 0 Å². The molecule has 0 bridgehead atoms. The van der Waals surface area contributed by atoms with Crippen molar-refractivity contribution in [2.45, 2.75) is 24.8 Å². The standard InChI is InChI=1S/C13H15BrN2O2S2/c1-8-11(15)6-10(14)7-13(8)20(17,18)16-9(2)12-4-3-5-19-12/h3-7,9,16H,15H2,1-2H3. The van der Waals surface area contributed by atoms with Crippen LogP contribution in [0.1, 0.15) is 23.4 Å². The van der Waals surface area contributed by atoms with Crippen LogP contribution in [-0.4, -0.2) is 8.42 Å². The first kappa shape index (κ1) is 15.5. The molecular formula is C13H15BrN2O2S2. The number of hydrogen-bond donors (Lipinski definition) is 2. The van der Waals surface area contributed by atoms with E-state index in [0.29, 0.717) is 15.7 Å². The van der Waals surface area contributed by atoms with Crippen molar-refractivity contribution in [2.75, 3.05) is 5.73 Å². The normalized spacial score (nSPS) is 13.3. The van der Waals surface area contributed by atoms with E-state index in [0.717, 1.165) is 4.88 Å². The first-order chi connectivity index (χ1) is 9.31. The average Bonchev–Trinajstić information content (AvgIpc) is 2.86. The average molecular weight is 375 g/mol. The van der Waals surface area contributed by atoms with Gasteiger partial charge in [-0.3, -0.25) is 0 Å². The highest BCUT2D eigenvalue weighted by atomic mass is 79.9. The second kappa shape index (κ2) is 5.85. The molecule has 1 heterocycles. The van der Waals surface area contributed by atoms with Crippen molar-refractivity contribution >= 4 is 43.0 Å². The second-order valence-electron chi connectivity index (χ2n) is 4.48. The Morgan fingerprint density at radius 1 is 1.40 bits per heavy atom. The molecule has 0 aliphatic heterocycles. The third-order valence-electron chi connectivity index (χ3n) is 2.96.